The molecular weight excluding hydrogens is 259 g/mol. The molecule has 0 aromatic heterocycles. The third-order valence-corrected chi connectivity index (χ3v) is 3.86. The number of benzene rings is 1. The van der Waals surface area contributed by atoms with Crippen molar-refractivity contribution in [3.63, 3.8) is 0 Å². The van der Waals surface area contributed by atoms with Crippen LogP contribution in [0.25, 0.3) is 0 Å². The highest BCUT2D eigenvalue weighted by Crippen LogP contribution is 2.30. The van der Waals surface area contributed by atoms with Crippen molar-refractivity contribution in [1.82, 2.24) is 0 Å². The molecule has 1 saturated carbocycles. The Morgan fingerprint density at radius 1 is 1.24 bits per heavy atom. The van der Waals surface area contributed by atoms with Crippen molar-refractivity contribution in [2.24, 2.45) is 5.73 Å². The first-order valence-electron chi connectivity index (χ1n) is 5.57. The van der Waals surface area contributed by atoms with Crippen LogP contribution >= 0.6 is 23.2 Å². The lowest BCUT2D eigenvalue weighted by Crippen LogP contribution is -2.48. The van der Waals surface area contributed by atoms with Gasteiger partial charge in [-0.15, -0.1) is 0 Å². The van der Waals surface area contributed by atoms with Gasteiger partial charge in [0.15, 0.2) is 0 Å². The number of rotatable bonds is 2. The van der Waals surface area contributed by atoms with Gasteiger partial charge >= 0.3 is 0 Å². The highest BCUT2D eigenvalue weighted by molar-refractivity contribution is 6.42. The van der Waals surface area contributed by atoms with Crippen LogP contribution in [0, 0.1) is 0 Å². The molecule has 1 fully saturated rings. The van der Waals surface area contributed by atoms with Crippen molar-refractivity contribution in [3.8, 4) is 0 Å². The molecule has 2 rings (SSSR count). The van der Waals surface area contributed by atoms with Crippen molar-refractivity contribution >= 4 is 34.8 Å². The van der Waals surface area contributed by atoms with Crippen LogP contribution in [-0.4, -0.2) is 11.4 Å². The van der Waals surface area contributed by atoms with E-state index >= 15 is 0 Å². The van der Waals surface area contributed by atoms with E-state index in [-0.39, 0.29) is 5.91 Å². The van der Waals surface area contributed by atoms with Crippen LogP contribution in [-0.2, 0) is 4.79 Å². The average molecular weight is 273 g/mol. The molecule has 0 spiro atoms. The first-order chi connectivity index (χ1) is 8.01. The molecule has 0 unspecified atom stereocenters. The molecule has 1 aromatic rings. The van der Waals surface area contributed by atoms with Crippen molar-refractivity contribution in [1.29, 1.82) is 0 Å². The summed E-state index contributed by atoms with van der Waals surface area (Å²) in [6.45, 7) is 0. The lowest BCUT2D eigenvalue weighted by molar-refractivity contribution is -0.121. The lowest BCUT2D eigenvalue weighted by atomic mass is 9.98. The zero-order valence-corrected chi connectivity index (χ0v) is 10.8. The molecule has 0 atom stereocenters. The van der Waals surface area contributed by atoms with Gasteiger partial charge in [-0.1, -0.05) is 36.0 Å². The van der Waals surface area contributed by atoms with E-state index in [2.05, 4.69) is 5.32 Å². The molecule has 0 radical (unpaired) electrons. The van der Waals surface area contributed by atoms with Crippen LogP contribution in [0.2, 0.25) is 10.0 Å². The molecule has 1 aliphatic rings. The summed E-state index contributed by atoms with van der Waals surface area (Å²) in [4.78, 5) is 12.0. The minimum atomic E-state index is -0.730. The van der Waals surface area contributed by atoms with Crippen molar-refractivity contribution < 1.29 is 4.79 Å². The Morgan fingerprint density at radius 2 is 1.88 bits per heavy atom. The predicted molar refractivity (Wildman–Crippen MR) is 70.5 cm³/mol. The third-order valence-electron chi connectivity index (χ3n) is 3.13. The van der Waals surface area contributed by atoms with E-state index in [1.165, 1.54) is 0 Å². The Bertz CT molecular complexity index is 442. The number of carbonyl (C=O) groups is 1. The second-order valence-electron chi connectivity index (χ2n) is 4.45. The van der Waals surface area contributed by atoms with Crippen LogP contribution in [0.15, 0.2) is 18.2 Å². The van der Waals surface area contributed by atoms with Crippen molar-refractivity contribution in [3.05, 3.63) is 28.2 Å². The Morgan fingerprint density at radius 3 is 2.47 bits per heavy atom. The van der Waals surface area contributed by atoms with Crippen molar-refractivity contribution in [2.75, 3.05) is 5.32 Å². The maximum absolute atomic E-state index is 12.0. The molecule has 3 N–H and O–H groups in total. The summed E-state index contributed by atoms with van der Waals surface area (Å²) in [6.07, 6.45) is 3.48. The molecule has 0 bridgehead atoms. The summed E-state index contributed by atoms with van der Waals surface area (Å²) in [6, 6.07) is 4.99. The second kappa shape index (κ2) is 4.84. The summed E-state index contributed by atoms with van der Waals surface area (Å²) < 4.78 is 0. The summed E-state index contributed by atoms with van der Waals surface area (Å²) in [5.41, 5.74) is 5.94. The van der Waals surface area contributed by atoms with Crippen LogP contribution in [0.3, 0.4) is 0 Å². The number of nitrogens with two attached hydrogens (primary N) is 1. The predicted octanol–water partition coefficient (Wildman–Crippen LogP) is 3.20. The average Bonchev–Trinajstić information content (AvgIpc) is 2.72. The molecule has 1 aliphatic carbocycles. The van der Waals surface area contributed by atoms with Crippen LogP contribution in [0.1, 0.15) is 25.7 Å². The zero-order valence-electron chi connectivity index (χ0n) is 9.30. The van der Waals surface area contributed by atoms with E-state index in [0.29, 0.717) is 15.7 Å². The Labute approximate surface area is 110 Å². The van der Waals surface area contributed by atoms with Gasteiger partial charge in [-0.05, 0) is 31.0 Å². The normalized spacial score (nSPS) is 18.1. The van der Waals surface area contributed by atoms with Gasteiger partial charge in [0.2, 0.25) is 5.91 Å². The maximum atomic E-state index is 12.0. The molecule has 5 heteroatoms. The molecule has 0 heterocycles. The largest absolute Gasteiger partial charge is 0.324 e. The van der Waals surface area contributed by atoms with E-state index in [0.717, 1.165) is 25.7 Å². The molecule has 17 heavy (non-hydrogen) atoms. The van der Waals surface area contributed by atoms with Crippen LogP contribution in [0.4, 0.5) is 5.69 Å². The Hall–Kier alpha value is -0.770. The Balaban J connectivity index is 2.10. The van der Waals surface area contributed by atoms with Gasteiger partial charge in [-0.25, -0.2) is 0 Å². The van der Waals surface area contributed by atoms with Gasteiger partial charge in [0.25, 0.3) is 0 Å². The van der Waals surface area contributed by atoms with Crippen LogP contribution < -0.4 is 11.1 Å². The SMILES string of the molecule is NC1(C(=O)Nc2ccc(Cl)c(Cl)c2)CCCC1. The zero-order chi connectivity index (χ0) is 12.5. The minimum absolute atomic E-state index is 0.145. The first kappa shape index (κ1) is 12.7. The van der Waals surface area contributed by atoms with E-state index in [1.807, 2.05) is 0 Å². The highest BCUT2D eigenvalue weighted by atomic mass is 35.5. The summed E-state index contributed by atoms with van der Waals surface area (Å²) in [5.74, 6) is -0.145. The van der Waals surface area contributed by atoms with Gasteiger partial charge in [0.05, 0.1) is 15.6 Å². The molecule has 0 aliphatic heterocycles. The van der Waals surface area contributed by atoms with E-state index in [4.69, 9.17) is 28.9 Å². The molecule has 1 aromatic carbocycles. The van der Waals surface area contributed by atoms with Gasteiger partial charge < -0.3 is 11.1 Å². The lowest BCUT2D eigenvalue weighted by Gasteiger charge is -2.22. The fourth-order valence-electron chi connectivity index (χ4n) is 2.06. The fourth-order valence-corrected chi connectivity index (χ4v) is 2.36. The van der Waals surface area contributed by atoms with Crippen molar-refractivity contribution in [2.45, 2.75) is 31.2 Å². The standard InChI is InChI=1S/C12H14Cl2N2O/c13-9-4-3-8(7-10(9)14)16-11(17)12(15)5-1-2-6-12/h3-4,7H,1-2,5-6,15H2,(H,16,17). The Kier molecular flexibility index (Phi) is 3.61. The van der Waals surface area contributed by atoms with E-state index in [1.54, 1.807) is 18.2 Å². The number of carbonyl (C=O) groups excluding carboxylic acids is 1. The summed E-state index contributed by atoms with van der Waals surface area (Å²) in [5, 5.41) is 3.67. The van der Waals surface area contributed by atoms with Gasteiger partial charge in [-0.2, -0.15) is 0 Å². The number of nitrogens with one attached hydrogen (secondary N) is 1. The summed E-state index contributed by atoms with van der Waals surface area (Å²) >= 11 is 11.7. The minimum Gasteiger partial charge on any atom is -0.324 e. The van der Waals surface area contributed by atoms with Crippen LogP contribution in [0.5, 0.6) is 0 Å². The van der Waals surface area contributed by atoms with Gasteiger partial charge in [0, 0.05) is 5.69 Å². The third kappa shape index (κ3) is 2.73. The smallest absolute Gasteiger partial charge is 0.244 e. The quantitative estimate of drug-likeness (QED) is 0.869. The highest BCUT2D eigenvalue weighted by Gasteiger charge is 2.36. The van der Waals surface area contributed by atoms with Gasteiger partial charge in [0.1, 0.15) is 0 Å². The number of halogens is 2. The topological polar surface area (TPSA) is 55.1 Å². The second-order valence-corrected chi connectivity index (χ2v) is 5.26. The molecule has 3 nitrogen and oxygen atoms in total. The first-order valence-corrected chi connectivity index (χ1v) is 6.32. The number of hydrogen-bond acceptors (Lipinski definition) is 2. The van der Waals surface area contributed by atoms with E-state index in [9.17, 15) is 4.79 Å². The fraction of sp³-hybridized carbons (Fsp3) is 0.417. The summed E-state index contributed by atoms with van der Waals surface area (Å²) in [7, 11) is 0. The monoisotopic (exact) mass is 272 g/mol. The molecule has 92 valence electrons. The molecule has 0 saturated heterocycles. The maximum Gasteiger partial charge on any atom is 0.244 e. The molecule has 1 amide bonds. The van der Waals surface area contributed by atoms with Gasteiger partial charge in [-0.3, -0.25) is 4.79 Å². The number of amides is 1. The molecular formula is C12H14Cl2N2O. The van der Waals surface area contributed by atoms with E-state index < -0.39 is 5.54 Å². The number of hydrogen-bond donors (Lipinski definition) is 2. The number of anilines is 1.